The number of nitrogens with zero attached hydrogens (tertiary/aromatic N) is 6. The van der Waals surface area contributed by atoms with Gasteiger partial charge in [0.25, 0.3) is 0 Å². The minimum atomic E-state index is 0.101. The molecule has 0 radical (unpaired) electrons. The highest BCUT2D eigenvalue weighted by Crippen LogP contribution is 2.60. The largest absolute Gasteiger partial charge is 0.265 e. The summed E-state index contributed by atoms with van der Waals surface area (Å²) >= 11 is 0. The summed E-state index contributed by atoms with van der Waals surface area (Å²) in [7, 11) is 0. The molecule has 17 rings (SSSR count). The molecule has 0 saturated heterocycles. The Morgan fingerprint density at radius 1 is 0.222 bits per heavy atom. The standard InChI is InChI=1S/C45H35N3.C39H31N3/c1-4-23-45(24-5-1)41-14-3-2-11-39(41)40-13-6-12-38(44(40)45)33-19-15-31(16-20-33)32-17-21-34(22-18-32)42-27-37(35-9-7-25-46-29-35)28-43(48-42)36-10-8-26-47-30-36;1-4-18-39(19-5-1)35-15-3-2-12-33(35)34-14-7-13-32(38(34)39)28-9-6-10-29(23-28)37-25-31(30-11-8-20-41-26-30)24-36(42-37)27-16-21-40-22-17-27/h2-3,6-22,25-30H,1,4-5,23-24H2;2-3,6-17,20-26H,1,4-5,18-19H2. The molecule has 6 heteroatoms. The van der Waals surface area contributed by atoms with Crippen molar-refractivity contribution in [3.05, 3.63) is 302 Å². The second kappa shape index (κ2) is 23.5. The van der Waals surface area contributed by atoms with Crippen molar-refractivity contribution in [2.75, 3.05) is 0 Å². The van der Waals surface area contributed by atoms with Gasteiger partial charge in [-0.15, -0.1) is 0 Å². The van der Waals surface area contributed by atoms with Gasteiger partial charge < -0.3 is 0 Å². The van der Waals surface area contributed by atoms with Crippen molar-refractivity contribution in [3.63, 3.8) is 0 Å². The van der Waals surface area contributed by atoms with Gasteiger partial charge in [-0.05, 0) is 181 Å². The average Bonchev–Trinajstić information content (AvgIpc) is 1.59. The van der Waals surface area contributed by atoms with E-state index in [1.54, 1.807) is 18.0 Å². The fourth-order valence-electron chi connectivity index (χ4n) is 15.6. The number of benzene rings is 7. The molecule has 2 spiro atoms. The summed E-state index contributed by atoms with van der Waals surface area (Å²) < 4.78 is 0. The van der Waals surface area contributed by atoms with Crippen molar-refractivity contribution in [1.29, 1.82) is 0 Å². The fourth-order valence-corrected chi connectivity index (χ4v) is 15.6. The van der Waals surface area contributed by atoms with E-state index in [2.05, 4.69) is 220 Å². The van der Waals surface area contributed by atoms with Gasteiger partial charge >= 0.3 is 0 Å². The molecule has 0 amide bonds. The predicted molar refractivity (Wildman–Crippen MR) is 367 cm³/mol. The van der Waals surface area contributed by atoms with Gasteiger partial charge in [-0.25, -0.2) is 9.97 Å². The summed E-state index contributed by atoms with van der Waals surface area (Å²) in [4.78, 5) is 27.5. The second-order valence-electron chi connectivity index (χ2n) is 24.8. The third kappa shape index (κ3) is 9.93. The third-order valence-electron chi connectivity index (χ3n) is 19.7. The van der Waals surface area contributed by atoms with Crippen LogP contribution in [0.15, 0.2) is 280 Å². The summed E-state index contributed by atoms with van der Waals surface area (Å²) in [6.45, 7) is 0. The van der Waals surface area contributed by atoms with Crippen molar-refractivity contribution in [2.24, 2.45) is 0 Å². The first-order chi connectivity index (χ1) is 44.6. The summed E-state index contributed by atoms with van der Waals surface area (Å²) in [5.41, 5.74) is 32.0. The quantitative estimate of drug-likeness (QED) is 0.143. The van der Waals surface area contributed by atoms with Crippen LogP contribution in [0.25, 0.3) is 123 Å². The lowest BCUT2D eigenvalue weighted by molar-refractivity contribution is 0.353. The van der Waals surface area contributed by atoms with E-state index in [9.17, 15) is 0 Å². The van der Waals surface area contributed by atoms with E-state index in [4.69, 9.17) is 9.97 Å². The molecule has 13 aromatic rings. The SMILES string of the molecule is c1cncc(-c2cc(-c3ccc(-c4ccc(-c5cccc6c5C5(CCCCC5)c5ccccc5-6)cc4)cc3)nc(-c3cccnc3)c2)c1.c1cncc(-c2cc(-c3ccncc3)nc(-c3cccc(-c4cccc5c4C4(CCCCC4)c4ccccc4-5)c3)c2)c1. The molecule has 432 valence electrons. The molecule has 2 fully saturated rings. The first-order valence-electron chi connectivity index (χ1n) is 32.0. The van der Waals surface area contributed by atoms with E-state index in [1.807, 2.05) is 67.5 Å². The molecule has 0 aliphatic heterocycles. The molecule has 0 unspecified atom stereocenters. The molecule has 0 N–H and O–H groups in total. The number of hydrogen-bond acceptors (Lipinski definition) is 6. The highest BCUT2D eigenvalue weighted by Gasteiger charge is 2.46. The van der Waals surface area contributed by atoms with E-state index >= 15 is 0 Å². The van der Waals surface area contributed by atoms with Crippen LogP contribution < -0.4 is 0 Å². The normalized spacial score (nSPS) is 14.6. The van der Waals surface area contributed by atoms with E-state index in [0.717, 1.165) is 67.3 Å². The van der Waals surface area contributed by atoms with Crippen LogP contribution in [0.1, 0.15) is 86.5 Å². The third-order valence-corrected chi connectivity index (χ3v) is 19.7. The van der Waals surface area contributed by atoms with Gasteiger partial charge in [0, 0.05) is 93.8 Å². The van der Waals surface area contributed by atoms with E-state index in [1.165, 1.54) is 137 Å². The molecular weight excluding hydrogens is 1090 g/mol. The Morgan fingerprint density at radius 2 is 0.600 bits per heavy atom. The highest BCUT2D eigenvalue weighted by atomic mass is 14.7. The Kier molecular flexibility index (Phi) is 14.3. The van der Waals surface area contributed by atoms with Crippen LogP contribution in [0.4, 0.5) is 0 Å². The number of fused-ring (bicyclic) bond motifs is 10. The Labute approximate surface area is 527 Å². The van der Waals surface area contributed by atoms with E-state index < -0.39 is 0 Å². The van der Waals surface area contributed by atoms with Crippen molar-refractivity contribution in [1.82, 2.24) is 29.9 Å². The van der Waals surface area contributed by atoms with Crippen LogP contribution in [-0.2, 0) is 10.8 Å². The molecule has 0 atom stereocenters. The molecule has 6 nitrogen and oxygen atoms in total. The van der Waals surface area contributed by atoms with Crippen LogP contribution in [0, 0.1) is 0 Å². The lowest BCUT2D eigenvalue weighted by Gasteiger charge is -2.37. The Balaban J connectivity index is 0.000000145. The first-order valence-corrected chi connectivity index (χ1v) is 32.0. The van der Waals surface area contributed by atoms with Crippen molar-refractivity contribution < 1.29 is 0 Å². The second-order valence-corrected chi connectivity index (χ2v) is 24.8. The molecule has 7 aromatic carbocycles. The molecule has 6 heterocycles. The van der Waals surface area contributed by atoms with Crippen LogP contribution in [-0.4, -0.2) is 29.9 Å². The smallest absolute Gasteiger partial charge is 0.0731 e. The van der Waals surface area contributed by atoms with Gasteiger partial charge in [0.05, 0.1) is 22.8 Å². The summed E-state index contributed by atoms with van der Waals surface area (Å²) in [6, 6.07) is 83.9. The summed E-state index contributed by atoms with van der Waals surface area (Å²) in [6.07, 6.45) is 27.5. The Morgan fingerprint density at radius 3 is 1.10 bits per heavy atom. The lowest BCUT2D eigenvalue weighted by atomic mass is 9.66. The zero-order valence-electron chi connectivity index (χ0n) is 50.3. The summed E-state index contributed by atoms with van der Waals surface area (Å²) in [5.74, 6) is 0. The zero-order valence-corrected chi connectivity index (χ0v) is 50.3. The van der Waals surface area contributed by atoms with Crippen molar-refractivity contribution in [2.45, 2.75) is 75.0 Å². The van der Waals surface area contributed by atoms with Crippen molar-refractivity contribution >= 4 is 0 Å². The van der Waals surface area contributed by atoms with Gasteiger partial charge in [0.2, 0.25) is 0 Å². The number of aromatic nitrogens is 6. The van der Waals surface area contributed by atoms with Crippen molar-refractivity contribution in [3.8, 4) is 123 Å². The number of rotatable bonds is 9. The first kappa shape index (κ1) is 54.8. The van der Waals surface area contributed by atoms with Crippen LogP contribution >= 0.6 is 0 Å². The maximum absolute atomic E-state index is 5.17. The summed E-state index contributed by atoms with van der Waals surface area (Å²) in [5, 5.41) is 0. The van der Waals surface area contributed by atoms with Gasteiger partial charge in [-0.2, -0.15) is 0 Å². The fraction of sp³-hybridized carbons (Fsp3) is 0.143. The number of pyridine rings is 6. The predicted octanol–water partition coefficient (Wildman–Crippen LogP) is 21.2. The van der Waals surface area contributed by atoms with Crippen LogP contribution in [0.3, 0.4) is 0 Å². The molecule has 4 aliphatic carbocycles. The topological polar surface area (TPSA) is 77.3 Å². The van der Waals surface area contributed by atoms with Gasteiger partial charge in [-0.3, -0.25) is 19.9 Å². The molecule has 90 heavy (non-hydrogen) atoms. The maximum Gasteiger partial charge on any atom is 0.0731 e. The van der Waals surface area contributed by atoms with Gasteiger partial charge in [-0.1, -0.05) is 202 Å². The van der Waals surface area contributed by atoms with Gasteiger partial charge in [0.15, 0.2) is 0 Å². The van der Waals surface area contributed by atoms with E-state index in [-0.39, 0.29) is 10.8 Å². The molecular formula is C84H66N6. The lowest BCUT2D eigenvalue weighted by Crippen LogP contribution is -2.28. The Bertz CT molecular complexity index is 4630. The monoisotopic (exact) mass is 1160 g/mol. The minimum Gasteiger partial charge on any atom is -0.265 e. The number of hydrogen-bond donors (Lipinski definition) is 0. The van der Waals surface area contributed by atoms with Crippen LogP contribution in [0.2, 0.25) is 0 Å². The average molecular weight is 1160 g/mol. The molecule has 6 aromatic heterocycles. The Hall–Kier alpha value is -10.6. The molecule has 0 bridgehead atoms. The highest BCUT2D eigenvalue weighted by molar-refractivity contribution is 5.91. The zero-order chi connectivity index (χ0) is 59.9. The maximum atomic E-state index is 5.17. The minimum absolute atomic E-state index is 0.101. The van der Waals surface area contributed by atoms with Gasteiger partial charge in [0.1, 0.15) is 0 Å². The van der Waals surface area contributed by atoms with Crippen LogP contribution in [0.5, 0.6) is 0 Å². The molecule has 4 aliphatic rings. The molecule has 2 saturated carbocycles. The van der Waals surface area contributed by atoms with E-state index in [0.29, 0.717) is 0 Å².